The number of benzene rings is 2. The van der Waals surface area contributed by atoms with Crippen LogP contribution in [0.4, 0.5) is 10.1 Å². The minimum atomic E-state index is -0.717. The molecule has 1 heterocycles. The zero-order valence-electron chi connectivity index (χ0n) is 15.1. The maximum Gasteiger partial charge on any atom is 0.230 e. The van der Waals surface area contributed by atoms with Crippen molar-refractivity contribution >= 4 is 11.6 Å². The quantitative estimate of drug-likeness (QED) is 0.865. The smallest absolute Gasteiger partial charge is 0.230 e. The van der Waals surface area contributed by atoms with Crippen LogP contribution >= 0.6 is 0 Å². The number of halogens is 1. The summed E-state index contributed by atoms with van der Waals surface area (Å²) >= 11 is 0. The van der Waals surface area contributed by atoms with Crippen molar-refractivity contribution in [3.63, 3.8) is 0 Å². The van der Waals surface area contributed by atoms with Crippen molar-refractivity contribution in [1.29, 1.82) is 0 Å². The third-order valence-corrected chi connectivity index (χ3v) is 5.09. The summed E-state index contributed by atoms with van der Waals surface area (Å²) in [7, 11) is 2.00. The lowest BCUT2D eigenvalue weighted by molar-refractivity contribution is -0.130. The number of hydrogen-bond acceptors (Lipinski definition) is 3. The lowest BCUT2D eigenvalue weighted by Crippen LogP contribution is -2.49. The van der Waals surface area contributed by atoms with Crippen LogP contribution in [0.5, 0.6) is 0 Å². The third-order valence-electron chi connectivity index (χ3n) is 5.09. The van der Waals surface area contributed by atoms with Gasteiger partial charge in [0.15, 0.2) is 0 Å². The van der Waals surface area contributed by atoms with Gasteiger partial charge in [-0.15, -0.1) is 0 Å². The molecule has 138 valence electrons. The molecule has 0 saturated carbocycles. The van der Waals surface area contributed by atoms with Crippen molar-refractivity contribution in [2.24, 2.45) is 0 Å². The molecule has 0 bridgehead atoms. The first kappa shape index (κ1) is 18.4. The second-order valence-corrected chi connectivity index (χ2v) is 6.72. The highest BCUT2D eigenvalue weighted by molar-refractivity contribution is 5.88. The minimum Gasteiger partial charge on any atom is -0.381 e. The second-order valence-electron chi connectivity index (χ2n) is 6.72. The Labute approximate surface area is 154 Å². The molecule has 0 aliphatic carbocycles. The van der Waals surface area contributed by atoms with E-state index in [9.17, 15) is 9.18 Å². The first-order chi connectivity index (χ1) is 12.6. The lowest BCUT2D eigenvalue weighted by atomic mass is 9.73. The van der Waals surface area contributed by atoms with Gasteiger partial charge in [0, 0.05) is 39.0 Å². The van der Waals surface area contributed by atoms with E-state index in [1.807, 2.05) is 43.4 Å². The van der Waals surface area contributed by atoms with Crippen molar-refractivity contribution in [3.8, 4) is 0 Å². The molecule has 0 spiro atoms. The van der Waals surface area contributed by atoms with Crippen molar-refractivity contribution in [1.82, 2.24) is 5.32 Å². The number of ether oxygens (including phenoxy) is 1. The normalized spacial score (nSPS) is 16.1. The fraction of sp³-hybridized carbons (Fsp3) is 0.381. The maximum absolute atomic E-state index is 13.7. The van der Waals surface area contributed by atoms with Crippen molar-refractivity contribution in [3.05, 3.63) is 66.0 Å². The molecule has 1 saturated heterocycles. The van der Waals surface area contributed by atoms with Crippen LogP contribution in [0, 0.1) is 5.82 Å². The van der Waals surface area contributed by atoms with E-state index in [1.54, 1.807) is 6.07 Å². The lowest BCUT2D eigenvalue weighted by Gasteiger charge is -2.36. The highest BCUT2D eigenvalue weighted by Crippen LogP contribution is 2.35. The topological polar surface area (TPSA) is 41.6 Å². The Morgan fingerprint density at radius 3 is 2.58 bits per heavy atom. The van der Waals surface area contributed by atoms with E-state index in [-0.39, 0.29) is 11.7 Å². The molecule has 1 N–H and O–H groups in total. The number of nitrogens with one attached hydrogen (secondary N) is 1. The fourth-order valence-electron chi connectivity index (χ4n) is 3.47. The maximum atomic E-state index is 13.7. The highest BCUT2D eigenvalue weighted by atomic mass is 19.1. The Morgan fingerprint density at radius 1 is 1.15 bits per heavy atom. The molecule has 0 aromatic heterocycles. The standard InChI is InChI=1S/C21H25FN2O2/c1-24(19-8-3-2-4-9-19)13-12-23-20(25)21(10-14-26-15-11-21)17-6-5-7-18(22)16-17/h2-9,16H,10-15H2,1H3,(H,23,25). The van der Waals surface area contributed by atoms with Crippen LogP contribution in [-0.4, -0.2) is 39.3 Å². The number of anilines is 1. The van der Waals surface area contributed by atoms with E-state index in [0.717, 1.165) is 11.3 Å². The minimum absolute atomic E-state index is 0.0483. The Morgan fingerprint density at radius 2 is 1.88 bits per heavy atom. The average molecular weight is 356 g/mol. The van der Waals surface area contributed by atoms with Gasteiger partial charge in [-0.3, -0.25) is 4.79 Å². The number of nitrogens with zero attached hydrogens (tertiary/aromatic N) is 1. The van der Waals surface area contributed by atoms with Crippen molar-refractivity contribution < 1.29 is 13.9 Å². The summed E-state index contributed by atoms with van der Waals surface area (Å²) in [5.41, 5.74) is 1.12. The molecule has 2 aromatic rings. The molecule has 1 aliphatic heterocycles. The van der Waals surface area contributed by atoms with Gasteiger partial charge in [0.25, 0.3) is 0 Å². The Bertz CT molecular complexity index is 730. The fourth-order valence-corrected chi connectivity index (χ4v) is 3.47. The molecule has 1 fully saturated rings. The Hall–Kier alpha value is -2.40. The number of hydrogen-bond donors (Lipinski definition) is 1. The molecule has 1 amide bonds. The zero-order valence-corrected chi connectivity index (χ0v) is 15.1. The number of rotatable bonds is 6. The Kier molecular flexibility index (Phi) is 5.89. The summed E-state index contributed by atoms with van der Waals surface area (Å²) in [6.45, 7) is 2.25. The van der Waals surface area contributed by atoms with Crippen LogP contribution in [0.15, 0.2) is 54.6 Å². The summed E-state index contributed by atoms with van der Waals surface area (Å²) in [4.78, 5) is 15.1. The van der Waals surface area contributed by atoms with E-state index < -0.39 is 5.41 Å². The van der Waals surface area contributed by atoms with Gasteiger partial charge in [0.2, 0.25) is 5.91 Å². The average Bonchev–Trinajstić information content (AvgIpc) is 2.69. The van der Waals surface area contributed by atoms with Crippen molar-refractivity contribution in [2.45, 2.75) is 18.3 Å². The summed E-state index contributed by atoms with van der Waals surface area (Å²) < 4.78 is 19.2. The van der Waals surface area contributed by atoms with Crippen LogP contribution in [0.25, 0.3) is 0 Å². The zero-order chi connectivity index (χ0) is 18.4. The molecule has 2 aromatic carbocycles. The third kappa shape index (κ3) is 4.05. The van der Waals surface area contributed by atoms with E-state index >= 15 is 0 Å². The van der Waals surface area contributed by atoms with Gasteiger partial charge in [-0.05, 0) is 42.7 Å². The summed E-state index contributed by atoms with van der Waals surface area (Å²) in [5, 5.41) is 3.05. The molecule has 4 nitrogen and oxygen atoms in total. The predicted octanol–water partition coefficient (Wildman–Crippen LogP) is 3.13. The number of amides is 1. The summed E-state index contributed by atoms with van der Waals surface area (Å²) in [5.74, 6) is -0.363. The van der Waals surface area contributed by atoms with Crippen LogP contribution in [0.2, 0.25) is 0 Å². The molecule has 1 aliphatic rings. The molecule has 0 unspecified atom stereocenters. The van der Waals surface area contributed by atoms with Gasteiger partial charge in [0.1, 0.15) is 5.82 Å². The SMILES string of the molecule is CN(CCNC(=O)C1(c2cccc(F)c2)CCOCC1)c1ccccc1. The van der Waals surface area contributed by atoms with Gasteiger partial charge in [0.05, 0.1) is 5.41 Å². The van der Waals surface area contributed by atoms with Crippen LogP contribution in [-0.2, 0) is 14.9 Å². The molecule has 0 atom stereocenters. The molecular formula is C21H25FN2O2. The number of para-hydroxylation sites is 1. The van der Waals surface area contributed by atoms with Gasteiger partial charge in [-0.2, -0.15) is 0 Å². The predicted molar refractivity (Wildman–Crippen MR) is 101 cm³/mol. The van der Waals surface area contributed by atoms with E-state index in [0.29, 0.717) is 39.1 Å². The van der Waals surface area contributed by atoms with Crippen LogP contribution in [0.1, 0.15) is 18.4 Å². The largest absolute Gasteiger partial charge is 0.381 e. The van der Waals surface area contributed by atoms with Crippen LogP contribution < -0.4 is 10.2 Å². The number of likely N-dealkylation sites (N-methyl/N-ethyl adjacent to an activating group) is 1. The van der Waals surface area contributed by atoms with E-state index in [2.05, 4.69) is 10.2 Å². The molecule has 5 heteroatoms. The molecular weight excluding hydrogens is 331 g/mol. The number of carbonyl (C=O) groups excluding carboxylic acids is 1. The second kappa shape index (κ2) is 8.32. The Balaban J connectivity index is 1.67. The molecule has 26 heavy (non-hydrogen) atoms. The summed E-state index contributed by atoms with van der Waals surface area (Å²) in [6, 6.07) is 16.4. The number of carbonyl (C=O) groups is 1. The van der Waals surface area contributed by atoms with E-state index in [4.69, 9.17) is 4.74 Å². The van der Waals surface area contributed by atoms with E-state index in [1.165, 1.54) is 12.1 Å². The summed E-state index contributed by atoms with van der Waals surface area (Å²) in [6.07, 6.45) is 1.13. The van der Waals surface area contributed by atoms with Gasteiger partial charge in [-0.25, -0.2) is 4.39 Å². The van der Waals surface area contributed by atoms with Gasteiger partial charge < -0.3 is 15.0 Å². The monoisotopic (exact) mass is 356 g/mol. The highest BCUT2D eigenvalue weighted by Gasteiger charge is 2.41. The van der Waals surface area contributed by atoms with Crippen molar-refractivity contribution in [2.75, 3.05) is 38.3 Å². The van der Waals surface area contributed by atoms with Gasteiger partial charge in [-0.1, -0.05) is 30.3 Å². The molecule has 0 radical (unpaired) electrons. The first-order valence-corrected chi connectivity index (χ1v) is 9.00. The first-order valence-electron chi connectivity index (χ1n) is 9.00. The molecule has 3 rings (SSSR count). The van der Waals surface area contributed by atoms with Crippen LogP contribution in [0.3, 0.4) is 0 Å². The van der Waals surface area contributed by atoms with Gasteiger partial charge >= 0.3 is 0 Å².